The van der Waals surface area contributed by atoms with Crippen LogP contribution >= 0.6 is 0 Å². The van der Waals surface area contributed by atoms with Gasteiger partial charge in [0, 0.05) is 18.7 Å². The Morgan fingerprint density at radius 2 is 1.88 bits per heavy atom. The molecule has 1 aromatic carbocycles. The van der Waals surface area contributed by atoms with Crippen LogP contribution in [0.4, 0.5) is 5.82 Å². The van der Waals surface area contributed by atoms with E-state index in [1.54, 1.807) is 12.3 Å². The van der Waals surface area contributed by atoms with Crippen molar-refractivity contribution in [2.45, 2.75) is 51.0 Å². The lowest BCUT2D eigenvalue weighted by atomic mass is 9.93. The van der Waals surface area contributed by atoms with Crippen molar-refractivity contribution in [2.75, 3.05) is 4.90 Å². The molecule has 0 saturated heterocycles. The van der Waals surface area contributed by atoms with Crippen LogP contribution in [0, 0.1) is 0 Å². The highest BCUT2D eigenvalue weighted by Gasteiger charge is 2.27. The molecule has 1 saturated carbocycles. The number of carbonyl (C=O) groups is 1. The zero-order chi connectivity index (χ0) is 17.6. The van der Waals surface area contributed by atoms with Crippen LogP contribution in [0.5, 0.6) is 11.5 Å². The molecule has 1 amide bonds. The van der Waals surface area contributed by atoms with Crippen molar-refractivity contribution in [2.24, 2.45) is 0 Å². The van der Waals surface area contributed by atoms with Gasteiger partial charge in [0.1, 0.15) is 5.82 Å². The van der Waals surface area contributed by atoms with E-state index in [0.29, 0.717) is 18.7 Å². The maximum atomic E-state index is 12.9. The minimum Gasteiger partial charge on any atom is -0.504 e. The molecule has 132 valence electrons. The van der Waals surface area contributed by atoms with Crippen LogP contribution in [-0.2, 0) is 11.2 Å². The Bertz CT molecular complexity index is 712. The van der Waals surface area contributed by atoms with Gasteiger partial charge in [-0.15, -0.1) is 0 Å². The van der Waals surface area contributed by atoms with Crippen LogP contribution in [-0.4, -0.2) is 27.1 Å². The Balaban J connectivity index is 1.73. The van der Waals surface area contributed by atoms with E-state index in [4.69, 9.17) is 0 Å². The second-order valence-electron chi connectivity index (χ2n) is 6.57. The molecule has 0 unspecified atom stereocenters. The topological polar surface area (TPSA) is 73.7 Å². The van der Waals surface area contributed by atoms with Gasteiger partial charge in [-0.1, -0.05) is 31.4 Å². The fraction of sp³-hybridized carbons (Fsp3) is 0.400. The lowest BCUT2D eigenvalue weighted by molar-refractivity contribution is -0.119. The first-order valence-corrected chi connectivity index (χ1v) is 8.89. The molecule has 0 radical (unpaired) electrons. The molecule has 0 bridgehead atoms. The van der Waals surface area contributed by atoms with E-state index < -0.39 is 0 Å². The third kappa shape index (κ3) is 4.29. The second kappa shape index (κ2) is 8.01. The Morgan fingerprint density at radius 3 is 2.56 bits per heavy atom. The molecule has 1 aliphatic rings. The second-order valence-corrected chi connectivity index (χ2v) is 6.57. The number of nitrogens with zero attached hydrogens (tertiary/aromatic N) is 2. The first-order valence-electron chi connectivity index (χ1n) is 8.89. The lowest BCUT2D eigenvalue weighted by Gasteiger charge is -2.33. The predicted octanol–water partition coefficient (Wildman–Crippen LogP) is 3.79. The Hall–Kier alpha value is -2.56. The zero-order valence-electron chi connectivity index (χ0n) is 14.3. The molecule has 3 rings (SSSR count). The van der Waals surface area contributed by atoms with Gasteiger partial charge in [0.15, 0.2) is 11.5 Å². The van der Waals surface area contributed by atoms with Crippen LogP contribution < -0.4 is 4.90 Å². The largest absolute Gasteiger partial charge is 0.504 e. The van der Waals surface area contributed by atoms with Gasteiger partial charge in [-0.2, -0.15) is 0 Å². The van der Waals surface area contributed by atoms with Crippen molar-refractivity contribution >= 4 is 11.7 Å². The number of rotatable bonds is 5. The quantitative estimate of drug-likeness (QED) is 0.812. The summed E-state index contributed by atoms with van der Waals surface area (Å²) >= 11 is 0. The highest BCUT2D eigenvalue weighted by atomic mass is 16.3. The number of pyridine rings is 1. The van der Waals surface area contributed by atoms with E-state index in [2.05, 4.69) is 4.98 Å². The predicted molar refractivity (Wildman–Crippen MR) is 96.7 cm³/mol. The molecular weight excluding hydrogens is 316 g/mol. The van der Waals surface area contributed by atoms with Crippen LogP contribution in [0.25, 0.3) is 0 Å². The van der Waals surface area contributed by atoms with Crippen molar-refractivity contribution < 1.29 is 15.0 Å². The van der Waals surface area contributed by atoms with Gasteiger partial charge in [-0.3, -0.25) is 9.69 Å². The van der Waals surface area contributed by atoms with Gasteiger partial charge in [-0.25, -0.2) is 4.98 Å². The van der Waals surface area contributed by atoms with Crippen LogP contribution in [0.2, 0.25) is 0 Å². The maximum absolute atomic E-state index is 12.9. The average Bonchev–Trinajstić information content (AvgIpc) is 2.65. The number of aryl methyl sites for hydroxylation is 1. The summed E-state index contributed by atoms with van der Waals surface area (Å²) in [5, 5.41) is 19.0. The fourth-order valence-electron chi connectivity index (χ4n) is 3.45. The number of hydrogen-bond donors (Lipinski definition) is 2. The third-order valence-corrected chi connectivity index (χ3v) is 4.77. The monoisotopic (exact) mass is 340 g/mol. The van der Waals surface area contributed by atoms with Crippen molar-refractivity contribution in [3.63, 3.8) is 0 Å². The molecule has 0 atom stereocenters. The molecule has 1 fully saturated rings. The normalized spacial score (nSPS) is 15.0. The molecule has 0 spiro atoms. The molecule has 0 aliphatic heterocycles. The molecule has 1 aromatic heterocycles. The van der Waals surface area contributed by atoms with Crippen molar-refractivity contribution in [3.05, 3.63) is 48.2 Å². The van der Waals surface area contributed by atoms with Crippen LogP contribution in [0.1, 0.15) is 44.1 Å². The minimum atomic E-state index is -0.154. The number of aromatic nitrogens is 1. The van der Waals surface area contributed by atoms with Gasteiger partial charge in [0.25, 0.3) is 0 Å². The summed E-state index contributed by atoms with van der Waals surface area (Å²) in [5.41, 5.74) is 0.827. The van der Waals surface area contributed by atoms with E-state index in [9.17, 15) is 15.0 Å². The smallest absolute Gasteiger partial charge is 0.228 e. The van der Waals surface area contributed by atoms with Gasteiger partial charge >= 0.3 is 0 Å². The summed E-state index contributed by atoms with van der Waals surface area (Å²) in [4.78, 5) is 19.2. The molecule has 1 heterocycles. The number of phenols is 2. The first kappa shape index (κ1) is 17.3. The standard InChI is InChI=1S/C20H24N2O3/c23-17-11-9-15(14-18(17)24)10-12-20(25)22(16-6-2-1-3-7-16)19-8-4-5-13-21-19/h4-5,8-9,11,13-14,16,23-24H,1-3,6-7,10,12H2. The molecule has 1 aliphatic carbocycles. The molecule has 2 aromatic rings. The Labute approximate surface area is 147 Å². The number of aromatic hydroxyl groups is 2. The van der Waals surface area contributed by atoms with E-state index in [-0.39, 0.29) is 23.4 Å². The van der Waals surface area contributed by atoms with Gasteiger partial charge < -0.3 is 10.2 Å². The van der Waals surface area contributed by atoms with Crippen molar-refractivity contribution in [1.82, 2.24) is 4.98 Å². The number of hydrogen-bond acceptors (Lipinski definition) is 4. The third-order valence-electron chi connectivity index (χ3n) is 4.77. The Kier molecular flexibility index (Phi) is 5.53. The first-order chi connectivity index (χ1) is 12.1. The van der Waals surface area contributed by atoms with Crippen LogP contribution in [0.15, 0.2) is 42.6 Å². The number of amides is 1. The zero-order valence-corrected chi connectivity index (χ0v) is 14.3. The van der Waals surface area contributed by atoms with E-state index in [1.165, 1.54) is 18.6 Å². The summed E-state index contributed by atoms with van der Waals surface area (Å²) in [6.45, 7) is 0. The summed E-state index contributed by atoms with van der Waals surface area (Å²) in [6, 6.07) is 10.5. The minimum absolute atomic E-state index is 0.0539. The van der Waals surface area contributed by atoms with Crippen molar-refractivity contribution in [3.8, 4) is 11.5 Å². The van der Waals surface area contributed by atoms with Crippen LogP contribution in [0.3, 0.4) is 0 Å². The van der Waals surface area contributed by atoms with E-state index in [0.717, 1.165) is 31.2 Å². The summed E-state index contributed by atoms with van der Waals surface area (Å²) in [5.74, 6) is 0.470. The van der Waals surface area contributed by atoms with Gasteiger partial charge in [-0.05, 0) is 49.1 Å². The number of anilines is 1. The molecule has 2 N–H and O–H groups in total. The molecular formula is C20H24N2O3. The van der Waals surface area contributed by atoms with E-state index >= 15 is 0 Å². The highest BCUT2D eigenvalue weighted by Crippen LogP contribution is 2.28. The summed E-state index contributed by atoms with van der Waals surface area (Å²) in [6.07, 6.45) is 8.13. The molecule has 5 nitrogen and oxygen atoms in total. The Morgan fingerprint density at radius 1 is 1.08 bits per heavy atom. The summed E-state index contributed by atoms with van der Waals surface area (Å²) < 4.78 is 0. The number of benzene rings is 1. The van der Waals surface area contributed by atoms with Crippen molar-refractivity contribution in [1.29, 1.82) is 0 Å². The average molecular weight is 340 g/mol. The highest BCUT2D eigenvalue weighted by molar-refractivity contribution is 5.93. The van der Waals surface area contributed by atoms with Gasteiger partial charge in [0.2, 0.25) is 5.91 Å². The van der Waals surface area contributed by atoms with Gasteiger partial charge in [0.05, 0.1) is 0 Å². The summed E-state index contributed by atoms with van der Waals surface area (Å²) in [7, 11) is 0. The molecule has 5 heteroatoms. The SMILES string of the molecule is O=C(CCc1ccc(O)c(O)c1)N(c1ccccn1)C1CCCCC1. The lowest BCUT2D eigenvalue weighted by Crippen LogP contribution is -2.42. The number of carbonyl (C=O) groups excluding carboxylic acids is 1. The van der Waals surface area contributed by atoms with E-state index in [1.807, 2.05) is 23.1 Å². The fourth-order valence-corrected chi connectivity index (χ4v) is 3.45. The maximum Gasteiger partial charge on any atom is 0.228 e. The number of phenolic OH excluding ortho intramolecular Hbond substituents is 2. The molecule has 25 heavy (non-hydrogen) atoms.